The third-order valence-electron chi connectivity index (χ3n) is 3.48. The molecule has 0 aliphatic carbocycles. The number of aryl methyl sites for hydroxylation is 1. The summed E-state index contributed by atoms with van der Waals surface area (Å²) in [6.45, 7) is 1.78. The molecule has 0 saturated heterocycles. The molecule has 6 nitrogen and oxygen atoms in total. The van der Waals surface area contributed by atoms with Gasteiger partial charge in [-0.05, 0) is 42.8 Å². The lowest BCUT2D eigenvalue weighted by Gasteiger charge is -1.96. The van der Waals surface area contributed by atoms with E-state index in [2.05, 4.69) is 4.29 Å². The summed E-state index contributed by atoms with van der Waals surface area (Å²) >= 11 is 4.84. The highest BCUT2D eigenvalue weighted by Crippen LogP contribution is 2.05. The maximum absolute atomic E-state index is 10.7. The van der Waals surface area contributed by atoms with Gasteiger partial charge >= 0.3 is 17.9 Å². The molecule has 7 heteroatoms. The van der Waals surface area contributed by atoms with Gasteiger partial charge in [0.1, 0.15) is 11.9 Å². The fourth-order valence-corrected chi connectivity index (χ4v) is 2.10. The standard InChI is InChI=1S/C8H8O2.C7H5ClO2.C7H6O2/c1-6-4-2-3-5-7(6)8(9)10;8-10-7(9)6-4-2-1-3-5-6;8-7(9)6-4-2-1-3-5-6/h2-5H,1H3,(H,9,10);1-5H;1-5H,(H,8,9). The van der Waals surface area contributed by atoms with Gasteiger partial charge in [-0.25, -0.2) is 14.4 Å². The number of carbonyl (C=O) groups is 3. The second-order valence-electron chi connectivity index (χ2n) is 5.52. The highest BCUT2D eigenvalue weighted by molar-refractivity contribution is 6.15. The Morgan fingerprint density at radius 1 is 0.690 bits per heavy atom. The number of carboxylic acids is 2. The second-order valence-corrected chi connectivity index (χ2v) is 5.68. The van der Waals surface area contributed by atoms with Crippen molar-refractivity contribution in [2.45, 2.75) is 6.92 Å². The molecule has 2 N–H and O–H groups in total. The predicted octanol–water partition coefficient (Wildman–Crippen LogP) is 5.08. The first-order chi connectivity index (χ1) is 13.9. The Labute approximate surface area is 173 Å². The molecule has 0 aromatic heterocycles. The van der Waals surface area contributed by atoms with Crippen molar-refractivity contribution in [3.05, 3.63) is 107 Å². The molecule has 0 bridgehead atoms. The van der Waals surface area contributed by atoms with E-state index in [9.17, 15) is 14.4 Å². The number of benzene rings is 3. The first-order valence-corrected chi connectivity index (χ1v) is 8.63. The molecule has 0 saturated carbocycles. The maximum Gasteiger partial charge on any atom is 0.356 e. The van der Waals surface area contributed by atoms with E-state index in [4.69, 9.17) is 22.1 Å². The van der Waals surface area contributed by atoms with Gasteiger partial charge in [-0.15, -0.1) is 0 Å². The molecule has 0 heterocycles. The summed E-state index contributed by atoms with van der Waals surface area (Å²) < 4.78 is 3.97. The van der Waals surface area contributed by atoms with E-state index in [1.807, 2.05) is 12.1 Å². The van der Waals surface area contributed by atoms with Crippen molar-refractivity contribution >= 4 is 29.8 Å². The van der Waals surface area contributed by atoms with Crippen LogP contribution in [0.3, 0.4) is 0 Å². The van der Waals surface area contributed by atoms with Crippen molar-refractivity contribution in [1.82, 2.24) is 0 Å². The Morgan fingerprint density at radius 2 is 1.14 bits per heavy atom. The van der Waals surface area contributed by atoms with Crippen LogP contribution in [0.5, 0.6) is 0 Å². The van der Waals surface area contributed by atoms with Crippen LogP contribution in [-0.4, -0.2) is 28.1 Å². The van der Waals surface area contributed by atoms with Crippen LogP contribution in [0.4, 0.5) is 0 Å². The van der Waals surface area contributed by atoms with Crippen LogP contribution in [0.15, 0.2) is 84.9 Å². The summed E-state index contributed by atoms with van der Waals surface area (Å²) in [5.74, 6) is -2.27. The molecule has 0 atom stereocenters. The topological polar surface area (TPSA) is 101 Å². The monoisotopic (exact) mass is 414 g/mol. The normalized spacial score (nSPS) is 9.03. The Bertz CT molecular complexity index is 926. The van der Waals surface area contributed by atoms with Gasteiger partial charge in [0.2, 0.25) is 0 Å². The van der Waals surface area contributed by atoms with Crippen LogP contribution in [0.25, 0.3) is 0 Å². The molecule has 0 radical (unpaired) electrons. The SMILES string of the molecule is Cc1ccccc1C(=O)O.O=C(O)c1ccccc1.O=C(OCl)c1ccccc1. The molecule has 0 amide bonds. The lowest BCUT2D eigenvalue weighted by Crippen LogP contribution is -1.97. The molecule has 0 unspecified atom stereocenters. The number of halogens is 1. The molecule has 0 spiro atoms. The van der Waals surface area contributed by atoms with E-state index in [0.29, 0.717) is 16.7 Å². The van der Waals surface area contributed by atoms with Crippen LogP contribution in [-0.2, 0) is 4.29 Å². The highest BCUT2D eigenvalue weighted by atomic mass is 35.5. The fourth-order valence-electron chi connectivity index (χ4n) is 2.01. The maximum atomic E-state index is 10.7. The minimum atomic E-state index is -0.879. The fraction of sp³-hybridized carbons (Fsp3) is 0.0455. The summed E-state index contributed by atoms with van der Waals surface area (Å²) in [4.78, 5) is 31.3. The summed E-state index contributed by atoms with van der Waals surface area (Å²) in [6, 6.07) is 23.8. The first kappa shape index (κ1) is 23.4. The second kappa shape index (κ2) is 12.7. The summed E-state index contributed by atoms with van der Waals surface area (Å²) in [6.07, 6.45) is 0. The number of hydrogen-bond donors (Lipinski definition) is 2. The van der Waals surface area contributed by atoms with E-state index >= 15 is 0 Å². The zero-order chi connectivity index (χ0) is 21.6. The third kappa shape index (κ3) is 8.73. The van der Waals surface area contributed by atoms with Crippen LogP contribution in [0.1, 0.15) is 36.6 Å². The van der Waals surface area contributed by atoms with Gasteiger partial charge in [-0.1, -0.05) is 54.6 Å². The summed E-state index contributed by atoms with van der Waals surface area (Å²) in [7, 11) is 0. The van der Waals surface area contributed by atoms with E-state index < -0.39 is 17.9 Å². The quantitative estimate of drug-likeness (QED) is 0.620. The largest absolute Gasteiger partial charge is 0.478 e. The molecule has 3 aromatic carbocycles. The van der Waals surface area contributed by atoms with Crippen molar-refractivity contribution in [1.29, 1.82) is 0 Å². The van der Waals surface area contributed by atoms with Crippen LogP contribution < -0.4 is 0 Å². The Morgan fingerprint density at radius 3 is 1.48 bits per heavy atom. The van der Waals surface area contributed by atoms with Crippen molar-refractivity contribution < 1.29 is 28.9 Å². The van der Waals surface area contributed by atoms with Gasteiger partial charge in [0.15, 0.2) is 0 Å². The number of carboxylic acid groups (broad SMARTS) is 2. The van der Waals surface area contributed by atoms with Gasteiger partial charge < -0.3 is 14.5 Å². The molecule has 0 aliphatic heterocycles. The Balaban J connectivity index is 0.000000218. The zero-order valence-electron chi connectivity index (χ0n) is 15.5. The summed E-state index contributed by atoms with van der Waals surface area (Å²) in [5, 5.41) is 17.0. The minimum absolute atomic E-state index is 0.331. The van der Waals surface area contributed by atoms with Crippen molar-refractivity contribution in [3.8, 4) is 0 Å². The van der Waals surface area contributed by atoms with Gasteiger partial charge in [0.25, 0.3) is 0 Å². The van der Waals surface area contributed by atoms with E-state index in [-0.39, 0.29) is 0 Å². The van der Waals surface area contributed by atoms with E-state index in [1.165, 1.54) is 0 Å². The van der Waals surface area contributed by atoms with Crippen molar-refractivity contribution in [2.24, 2.45) is 0 Å². The molecule has 3 aromatic rings. The molecule has 29 heavy (non-hydrogen) atoms. The lowest BCUT2D eigenvalue weighted by molar-refractivity contribution is 0.0685. The number of carbonyl (C=O) groups excluding carboxylic acids is 1. The van der Waals surface area contributed by atoms with Crippen molar-refractivity contribution in [2.75, 3.05) is 0 Å². The molecule has 150 valence electrons. The molecule has 3 rings (SSSR count). The number of rotatable bonds is 3. The number of hydrogen-bond acceptors (Lipinski definition) is 4. The van der Waals surface area contributed by atoms with Crippen LogP contribution in [0, 0.1) is 6.92 Å². The van der Waals surface area contributed by atoms with E-state index in [1.54, 1.807) is 79.7 Å². The van der Waals surface area contributed by atoms with Crippen molar-refractivity contribution in [3.63, 3.8) is 0 Å². The first-order valence-electron chi connectivity index (χ1n) is 8.32. The van der Waals surface area contributed by atoms with Gasteiger partial charge in [0, 0.05) is 0 Å². The number of aromatic carboxylic acids is 2. The predicted molar refractivity (Wildman–Crippen MR) is 109 cm³/mol. The van der Waals surface area contributed by atoms with Gasteiger partial charge in [-0.2, -0.15) is 0 Å². The Hall–Kier alpha value is -3.64. The van der Waals surface area contributed by atoms with Crippen LogP contribution >= 0.6 is 11.9 Å². The third-order valence-corrected chi connectivity index (χ3v) is 3.62. The minimum Gasteiger partial charge on any atom is -0.478 e. The molecular weight excluding hydrogens is 396 g/mol. The average Bonchev–Trinajstić information content (AvgIpc) is 2.75. The molecule has 0 fully saturated rings. The summed E-state index contributed by atoms with van der Waals surface area (Å²) in [5.41, 5.74) is 1.97. The van der Waals surface area contributed by atoms with Gasteiger partial charge in [0.05, 0.1) is 16.7 Å². The Kier molecular flexibility index (Phi) is 10.2. The van der Waals surface area contributed by atoms with E-state index in [0.717, 1.165) is 5.56 Å². The lowest BCUT2D eigenvalue weighted by atomic mass is 10.1. The highest BCUT2D eigenvalue weighted by Gasteiger charge is 2.03. The van der Waals surface area contributed by atoms with Crippen LogP contribution in [0.2, 0.25) is 0 Å². The average molecular weight is 415 g/mol. The molecular formula is C22H19ClO6. The zero-order valence-corrected chi connectivity index (χ0v) is 16.2. The smallest absolute Gasteiger partial charge is 0.356 e. The van der Waals surface area contributed by atoms with Gasteiger partial charge in [-0.3, -0.25) is 0 Å². The molecule has 0 aliphatic rings.